The highest BCUT2D eigenvalue weighted by Gasteiger charge is 2.14. The van der Waals surface area contributed by atoms with Gasteiger partial charge in [-0.3, -0.25) is 4.79 Å². The molecule has 2 rings (SSSR count). The summed E-state index contributed by atoms with van der Waals surface area (Å²) in [6.45, 7) is 5.67. The van der Waals surface area contributed by atoms with Crippen molar-refractivity contribution in [1.82, 2.24) is 9.97 Å². The Kier molecular flexibility index (Phi) is 3.77. The first kappa shape index (κ1) is 13.2. The number of thiazole rings is 1. The van der Waals surface area contributed by atoms with Crippen LogP contribution < -0.4 is 5.32 Å². The molecule has 0 saturated heterocycles. The zero-order valence-corrected chi connectivity index (χ0v) is 12.6. The molecular formula is C12H12BrN3OS. The number of aryl methyl sites for hydroxylation is 3. The van der Waals surface area contributed by atoms with Crippen LogP contribution in [0.1, 0.15) is 25.9 Å². The van der Waals surface area contributed by atoms with E-state index >= 15 is 0 Å². The molecule has 18 heavy (non-hydrogen) atoms. The molecule has 0 unspecified atom stereocenters. The highest BCUT2D eigenvalue weighted by atomic mass is 79.9. The van der Waals surface area contributed by atoms with Gasteiger partial charge in [0.2, 0.25) is 0 Å². The maximum atomic E-state index is 12.1. The predicted molar refractivity (Wildman–Crippen MR) is 76.2 cm³/mol. The van der Waals surface area contributed by atoms with Crippen molar-refractivity contribution >= 4 is 39.0 Å². The molecule has 0 spiro atoms. The van der Waals surface area contributed by atoms with E-state index in [9.17, 15) is 4.79 Å². The van der Waals surface area contributed by atoms with Gasteiger partial charge < -0.3 is 5.32 Å². The number of pyridine rings is 1. The van der Waals surface area contributed by atoms with Crippen LogP contribution in [-0.4, -0.2) is 15.9 Å². The van der Waals surface area contributed by atoms with Crippen LogP contribution in [-0.2, 0) is 0 Å². The molecule has 0 aliphatic carbocycles. The standard InChI is InChI=1S/C12H12BrN3OS/c1-6-4-10(14-5-9(6)13)16-12(17)11-7(2)15-8(3)18-11/h4-5H,1-3H3,(H,14,16,17). The normalized spacial score (nSPS) is 10.4. The lowest BCUT2D eigenvalue weighted by Gasteiger charge is -2.05. The van der Waals surface area contributed by atoms with Crippen molar-refractivity contribution in [1.29, 1.82) is 0 Å². The van der Waals surface area contributed by atoms with Crippen LogP contribution >= 0.6 is 27.3 Å². The summed E-state index contributed by atoms with van der Waals surface area (Å²) in [4.78, 5) is 21.1. The fraction of sp³-hybridized carbons (Fsp3) is 0.250. The van der Waals surface area contributed by atoms with E-state index in [0.717, 1.165) is 20.7 Å². The third-order valence-corrected chi connectivity index (χ3v) is 4.30. The van der Waals surface area contributed by atoms with Gasteiger partial charge in [-0.2, -0.15) is 0 Å². The summed E-state index contributed by atoms with van der Waals surface area (Å²) in [5, 5.41) is 3.67. The van der Waals surface area contributed by atoms with E-state index in [1.807, 2.05) is 26.8 Å². The van der Waals surface area contributed by atoms with Crippen LogP contribution in [0.5, 0.6) is 0 Å². The molecule has 0 fully saturated rings. The van der Waals surface area contributed by atoms with Gasteiger partial charge in [-0.05, 0) is 48.3 Å². The number of amides is 1. The van der Waals surface area contributed by atoms with E-state index in [4.69, 9.17) is 0 Å². The second-order valence-corrected chi connectivity index (χ2v) is 5.98. The molecule has 0 aliphatic heterocycles. The summed E-state index contributed by atoms with van der Waals surface area (Å²) in [5.41, 5.74) is 1.78. The number of aromatic nitrogens is 2. The Morgan fingerprint density at radius 3 is 2.67 bits per heavy atom. The predicted octanol–water partition coefficient (Wildman–Crippen LogP) is 3.48. The molecule has 6 heteroatoms. The minimum absolute atomic E-state index is 0.160. The summed E-state index contributed by atoms with van der Waals surface area (Å²) >= 11 is 4.76. The largest absolute Gasteiger partial charge is 0.306 e. The van der Waals surface area contributed by atoms with Crippen molar-refractivity contribution < 1.29 is 4.79 Å². The van der Waals surface area contributed by atoms with E-state index in [-0.39, 0.29) is 5.91 Å². The summed E-state index contributed by atoms with van der Waals surface area (Å²) in [6, 6.07) is 1.82. The van der Waals surface area contributed by atoms with Crippen LogP contribution in [0.2, 0.25) is 0 Å². The maximum absolute atomic E-state index is 12.1. The minimum atomic E-state index is -0.160. The average Bonchev–Trinajstić information content (AvgIpc) is 2.63. The van der Waals surface area contributed by atoms with Crippen LogP contribution in [0, 0.1) is 20.8 Å². The lowest BCUT2D eigenvalue weighted by atomic mass is 10.3. The van der Waals surface area contributed by atoms with Crippen molar-refractivity contribution in [2.75, 3.05) is 5.32 Å². The van der Waals surface area contributed by atoms with E-state index in [1.165, 1.54) is 11.3 Å². The lowest BCUT2D eigenvalue weighted by Crippen LogP contribution is -2.12. The zero-order chi connectivity index (χ0) is 13.3. The molecule has 1 amide bonds. The number of hydrogen-bond donors (Lipinski definition) is 1. The molecule has 0 radical (unpaired) electrons. The third kappa shape index (κ3) is 2.76. The van der Waals surface area contributed by atoms with Crippen LogP contribution in [0.4, 0.5) is 5.82 Å². The number of carbonyl (C=O) groups excluding carboxylic acids is 1. The first-order valence-corrected chi connectivity index (χ1v) is 6.96. The lowest BCUT2D eigenvalue weighted by molar-refractivity contribution is 0.102. The van der Waals surface area contributed by atoms with Gasteiger partial charge in [-0.15, -0.1) is 11.3 Å². The summed E-state index contributed by atoms with van der Waals surface area (Å²) in [6.07, 6.45) is 1.68. The molecule has 0 aromatic carbocycles. The van der Waals surface area contributed by atoms with Gasteiger partial charge in [0, 0.05) is 10.7 Å². The smallest absolute Gasteiger partial charge is 0.268 e. The quantitative estimate of drug-likeness (QED) is 0.919. The van der Waals surface area contributed by atoms with Crippen LogP contribution in [0.3, 0.4) is 0 Å². The van der Waals surface area contributed by atoms with Gasteiger partial charge in [0.25, 0.3) is 5.91 Å². The van der Waals surface area contributed by atoms with Crippen LogP contribution in [0.15, 0.2) is 16.7 Å². The SMILES string of the molecule is Cc1nc(C)c(C(=O)Nc2cc(C)c(Br)cn2)s1. The monoisotopic (exact) mass is 325 g/mol. The van der Waals surface area contributed by atoms with E-state index in [1.54, 1.807) is 6.20 Å². The van der Waals surface area contributed by atoms with Gasteiger partial charge >= 0.3 is 0 Å². The van der Waals surface area contributed by atoms with E-state index in [2.05, 4.69) is 31.2 Å². The maximum Gasteiger partial charge on any atom is 0.268 e. The molecule has 0 bridgehead atoms. The molecule has 0 aliphatic rings. The number of hydrogen-bond acceptors (Lipinski definition) is 4. The Bertz CT molecular complexity index is 609. The number of nitrogens with one attached hydrogen (secondary N) is 1. The molecule has 0 saturated carbocycles. The topological polar surface area (TPSA) is 54.9 Å². The highest BCUT2D eigenvalue weighted by Crippen LogP contribution is 2.20. The molecule has 1 N–H and O–H groups in total. The van der Waals surface area contributed by atoms with Gasteiger partial charge in [-0.25, -0.2) is 9.97 Å². The van der Waals surface area contributed by atoms with Crippen molar-refractivity contribution in [3.8, 4) is 0 Å². The second kappa shape index (κ2) is 5.16. The fourth-order valence-corrected chi connectivity index (χ4v) is 2.55. The average molecular weight is 326 g/mol. The molecule has 2 aromatic rings. The van der Waals surface area contributed by atoms with Gasteiger partial charge in [0.15, 0.2) is 0 Å². The number of halogens is 1. The summed E-state index contributed by atoms with van der Waals surface area (Å²) in [5.74, 6) is 0.387. The fourth-order valence-electron chi connectivity index (χ4n) is 1.52. The number of rotatable bonds is 2. The van der Waals surface area contributed by atoms with Crippen molar-refractivity contribution in [2.45, 2.75) is 20.8 Å². The van der Waals surface area contributed by atoms with Crippen molar-refractivity contribution in [2.24, 2.45) is 0 Å². The molecule has 0 atom stereocenters. The van der Waals surface area contributed by atoms with E-state index < -0.39 is 0 Å². The Balaban J connectivity index is 2.21. The summed E-state index contributed by atoms with van der Waals surface area (Å²) in [7, 11) is 0. The van der Waals surface area contributed by atoms with Crippen molar-refractivity contribution in [3.63, 3.8) is 0 Å². The highest BCUT2D eigenvalue weighted by molar-refractivity contribution is 9.10. The minimum Gasteiger partial charge on any atom is -0.306 e. The number of nitrogens with zero attached hydrogens (tertiary/aromatic N) is 2. The number of carbonyl (C=O) groups is 1. The van der Waals surface area contributed by atoms with Crippen LogP contribution in [0.25, 0.3) is 0 Å². The summed E-state index contributed by atoms with van der Waals surface area (Å²) < 4.78 is 0.922. The first-order valence-electron chi connectivity index (χ1n) is 5.35. The molecule has 4 nitrogen and oxygen atoms in total. The van der Waals surface area contributed by atoms with Gasteiger partial charge in [-0.1, -0.05) is 0 Å². The molecule has 94 valence electrons. The second-order valence-electron chi connectivity index (χ2n) is 3.92. The molecule has 2 heterocycles. The Hall–Kier alpha value is -1.27. The Morgan fingerprint density at radius 2 is 2.11 bits per heavy atom. The number of anilines is 1. The van der Waals surface area contributed by atoms with Gasteiger partial charge in [0.05, 0.1) is 10.7 Å². The zero-order valence-electron chi connectivity index (χ0n) is 10.2. The van der Waals surface area contributed by atoms with E-state index in [0.29, 0.717) is 10.7 Å². The molecular weight excluding hydrogens is 314 g/mol. The van der Waals surface area contributed by atoms with Gasteiger partial charge in [0.1, 0.15) is 10.7 Å². The third-order valence-electron chi connectivity index (χ3n) is 2.40. The Labute approximate surface area is 118 Å². The first-order chi connectivity index (χ1) is 8.47. The van der Waals surface area contributed by atoms with Crippen molar-refractivity contribution in [3.05, 3.63) is 37.9 Å². The Morgan fingerprint density at radius 1 is 1.39 bits per heavy atom. The molecule has 2 aromatic heterocycles.